The van der Waals surface area contributed by atoms with Gasteiger partial charge in [-0.3, -0.25) is 29.0 Å². The van der Waals surface area contributed by atoms with Gasteiger partial charge in [0.2, 0.25) is 0 Å². The van der Waals surface area contributed by atoms with E-state index in [4.69, 9.17) is 16.3 Å². The quantitative estimate of drug-likeness (QED) is 0.239. The fourth-order valence-corrected chi connectivity index (χ4v) is 9.12. The molecule has 1 saturated carbocycles. The van der Waals surface area contributed by atoms with Gasteiger partial charge in [-0.2, -0.15) is 5.26 Å². The molecular weight excluding hydrogens is 704 g/mol. The van der Waals surface area contributed by atoms with Crippen molar-refractivity contribution in [2.24, 2.45) is 16.7 Å². The first-order chi connectivity index (χ1) is 25.8. The van der Waals surface area contributed by atoms with Gasteiger partial charge >= 0.3 is 5.69 Å². The molecule has 2 aromatic heterocycles. The van der Waals surface area contributed by atoms with Crippen molar-refractivity contribution in [1.29, 1.82) is 5.26 Å². The van der Waals surface area contributed by atoms with E-state index in [0.29, 0.717) is 33.5 Å². The molecule has 0 unspecified atom stereocenters. The lowest BCUT2D eigenvalue weighted by atomic mass is 9.49. The molecule has 2 N–H and O–H groups in total. The number of nitriles is 1. The smallest absolute Gasteiger partial charge is 0.332 e. The Morgan fingerprint density at radius 3 is 2.22 bits per heavy atom. The standard InChI is InChI=1S/C41H47ClN8O4/c1-40(2)37(41(3,4)38(40)54-33-10-7-29(23-43)34(42)22-33)46-36(52)28-5-8-30(9-6-28)49-19-17-47(18-20-49)26-27-11-14-48(15-12-27)31-21-32(25-44-24-31)50-16-13-35(51)45-39(50)53/h5-10,13,16,21-22,24-25,27,37-38H,11-12,14-15,17-20,26H2,1-4H3,(H,46,52)(H,45,51,53)/t37-,38-. The zero-order valence-corrected chi connectivity index (χ0v) is 32.0. The third kappa shape index (κ3) is 7.48. The van der Waals surface area contributed by atoms with Crippen LogP contribution in [0.4, 0.5) is 11.4 Å². The number of nitrogens with zero attached hydrogens (tertiary/aromatic N) is 6. The number of benzene rings is 2. The molecule has 0 spiro atoms. The van der Waals surface area contributed by atoms with E-state index in [0.717, 1.165) is 70.0 Å². The van der Waals surface area contributed by atoms with E-state index in [1.807, 2.05) is 24.4 Å². The number of anilines is 2. The summed E-state index contributed by atoms with van der Waals surface area (Å²) in [7, 11) is 0. The molecule has 2 aromatic carbocycles. The number of pyridine rings is 1. The molecule has 3 aliphatic rings. The summed E-state index contributed by atoms with van der Waals surface area (Å²) in [6, 6.07) is 18.3. The van der Waals surface area contributed by atoms with Crippen LogP contribution in [0.15, 0.2) is 82.8 Å². The molecule has 7 rings (SSSR count). The van der Waals surface area contributed by atoms with Crippen LogP contribution in [0.5, 0.6) is 5.75 Å². The highest BCUT2D eigenvalue weighted by atomic mass is 35.5. The van der Waals surface area contributed by atoms with Crippen LogP contribution in [-0.2, 0) is 0 Å². The lowest BCUT2D eigenvalue weighted by Gasteiger charge is -2.63. The van der Waals surface area contributed by atoms with E-state index >= 15 is 0 Å². The predicted molar refractivity (Wildman–Crippen MR) is 210 cm³/mol. The average Bonchev–Trinajstić information content (AvgIpc) is 3.16. The Hall–Kier alpha value is -5.12. The summed E-state index contributed by atoms with van der Waals surface area (Å²) in [6.07, 6.45) is 6.94. The van der Waals surface area contributed by atoms with Crippen LogP contribution in [-0.4, -0.2) is 83.3 Å². The molecule has 4 aromatic rings. The molecular formula is C41H47ClN8O4. The van der Waals surface area contributed by atoms with E-state index < -0.39 is 11.2 Å². The van der Waals surface area contributed by atoms with Crippen molar-refractivity contribution in [3.8, 4) is 17.5 Å². The molecule has 4 heterocycles. The summed E-state index contributed by atoms with van der Waals surface area (Å²) < 4.78 is 7.78. The number of hydrogen-bond acceptors (Lipinski definition) is 9. The van der Waals surface area contributed by atoms with Crippen LogP contribution in [0.2, 0.25) is 5.02 Å². The van der Waals surface area contributed by atoms with Crippen molar-refractivity contribution in [2.75, 3.05) is 55.6 Å². The minimum Gasteiger partial charge on any atom is -0.489 e. The maximum absolute atomic E-state index is 13.5. The molecule has 13 heteroatoms. The van der Waals surface area contributed by atoms with Gasteiger partial charge in [0.25, 0.3) is 11.5 Å². The molecule has 1 amide bonds. The molecule has 2 aliphatic heterocycles. The summed E-state index contributed by atoms with van der Waals surface area (Å²) in [5.74, 6) is 1.12. The van der Waals surface area contributed by atoms with Crippen LogP contribution < -0.4 is 31.1 Å². The second kappa shape index (κ2) is 15.0. The van der Waals surface area contributed by atoms with Gasteiger partial charge < -0.3 is 19.9 Å². The number of aromatic amines is 1. The fourth-order valence-electron chi connectivity index (χ4n) is 8.90. The third-order valence-electron chi connectivity index (χ3n) is 11.6. The van der Waals surface area contributed by atoms with Crippen molar-refractivity contribution in [2.45, 2.75) is 52.7 Å². The number of nitrogens with one attached hydrogen (secondary N) is 2. The van der Waals surface area contributed by atoms with Crippen molar-refractivity contribution in [3.63, 3.8) is 0 Å². The Kier molecular flexibility index (Phi) is 10.3. The first-order valence-corrected chi connectivity index (χ1v) is 19.0. The summed E-state index contributed by atoms with van der Waals surface area (Å²) in [5.41, 5.74) is 2.19. The largest absolute Gasteiger partial charge is 0.489 e. The monoisotopic (exact) mass is 750 g/mol. The topological polar surface area (TPSA) is 140 Å². The van der Waals surface area contributed by atoms with Gasteiger partial charge in [-0.25, -0.2) is 4.79 Å². The molecule has 2 saturated heterocycles. The highest BCUT2D eigenvalue weighted by Crippen LogP contribution is 2.55. The predicted octanol–water partition coefficient (Wildman–Crippen LogP) is 5.10. The van der Waals surface area contributed by atoms with Gasteiger partial charge in [0, 0.05) is 92.3 Å². The fraction of sp³-hybridized carbons (Fsp3) is 0.439. The molecule has 282 valence electrons. The molecule has 0 bridgehead atoms. The average molecular weight is 751 g/mol. The molecule has 1 aliphatic carbocycles. The van der Waals surface area contributed by atoms with Gasteiger partial charge in [-0.05, 0) is 61.2 Å². The number of carbonyl (C=O) groups excluding carboxylic acids is 1. The Balaban J connectivity index is 0.869. The number of rotatable bonds is 9. The van der Waals surface area contributed by atoms with E-state index in [1.54, 1.807) is 24.4 Å². The molecule has 3 fully saturated rings. The molecule has 0 atom stereocenters. The first-order valence-electron chi connectivity index (χ1n) is 18.6. The van der Waals surface area contributed by atoms with E-state index in [2.05, 4.69) is 75.9 Å². The molecule has 12 nitrogen and oxygen atoms in total. The maximum Gasteiger partial charge on any atom is 0.332 e. The highest BCUT2D eigenvalue weighted by Gasteiger charge is 2.64. The van der Waals surface area contributed by atoms with Crippen LogP contribution in [0.1, 0.15) is 56.5 Å². The lowest BCUT2D eigenvalue weighted by molar-refractivity contribution is -0.164. The van der Waals surface area contributed by atoms with Gasteiger partial charge in [-0.15, -0.1) is 0 Å². The Labute approximate surface area is 320 Å². The van der Waals surface area contributed by atoms with E-state index in [1.165, 1.54) is 16.8 Å². The lowest BCUT2D eigenvalue weighted by Crippen LogP contribution is -2.74. The van der Waals surface area contributed by atoms with Crippen LogP contribution in [0.25, 0.3) is 5.69 Å². The minimum atomic E-state index is -0.479. The second-order valence-corrected chi connectivity index (χ2v) is 16.4. The molecule has 54 heavy (non-hydrogen) atoms. The summed E-state index contributed by atoms with van der Waals surface area (Å²) >= 11 is 6.25. The second-order valence-electron chi connectivity index (χ2n) is 15.9. The first kappa shape index (κ1) is 37.2. The number of ether oxygens (including phenoxy) is 1. The van der Waals surface area contributed by atoms with Crippen LogP contribution >= 0.6 is 11.6 Å². The number of halogens is 1. The van der Waals surface area contributed by atoms with Crippen molar-refractivity contribution >= 4 is 28.9 Å². The normalized spacial score (nSPS) is 21.2. The Morgan fingerprint density at radius 1 is 0.907 bits per heavy atom. The number of amides is 1. The van der Waals surface area contributed by atoms with Crippen molar-refractivity contribution < 1.29 is 9.53 Å². The molecule has 0 radical (unpaired) electrons. The summed E-state index contributed by atoms with van der Waals surface area (Å²) in [5, 5.41) is 12.9. The van der Waals surface area contributed by atoms with E-state index in [-0.39, 0.29) is 28.9 Å². The zero-order chi connectivity index (χ0) is 38.2. The SMILES string of the molecule is CC1(C)[C@H](NC(=O)c2ccc(N3CCN(CC4CCN(c5cncc(-n6ccc(=O)[nH]c6=O)c5)CC4)CC3)cc2)C(C)(C)[C@H]1Oc1ccc(C#N)c(Cl)c1. The minimum absolute atomic E-state index is 0.100. The van der Waals surface area contributed by atoms with Crippen molar-refractivity contribution in [3.05, 3.63) is 110 Å². The van der Waals surface area contributed by atoms with Gasteiger partial charge in [0.05, 0.1) is 34.4 Å². The number of hydrogen-bond donors (Lipinski definition) is 2. The Bertz CT molecular complexity index is 2140. The number of carbonyl (C=O) groups is 1. The zero-order valence-electron chi connectivity index (χ0n) is 31.2. The van der Waals surface area contributed by atoms with Crippen LogP contribution in [0.3, 0.4) is 0 Å². The third-order valence-corrected chi connectivity index (χ3v) is 11.9. The number of H-pyrrole nitrogens is 1. The van der Waals surface area contributed by atoms with Gasteiger partial charge in [-0.1, -0.05) is 39.3 Å². The van der Waals surface area contributed by atoms with Gasteiger partial charge in [0.1, 0.15) is 17.9 Å². The summed E-state index contributed by atoms with van der Waals surface area (Å²) in [4.78, 5) is 51.2. The number of aromatic nitrogens is 3. The van der Waals surface area contributed by atoms with Gasteiger partial charge in [0.15, 0.2) is 0 Å². The Morgan fingerprint density at radius 2 is 1.57 bits per heavy atom. The highest BCUT2D eigenvalue weighted by molar-refractivity contribution is 6.31. The van der Waals surface area contributed by atoms with Crippen LogP contribution in [0, 0.1) is 28.1 Å². The maximum atomic E-state index is 13.5. The number of piperazine rings is 1. The number of piperidine rings is 1. The van der Waals surface area contributed by atoms with E-state index in [9.17, 15) is 19.6 Å². The summed E-state index contributed by atoms with van der Waals surface area (Å²) in [6.45, 7) is 15.2. The van der Waals surface area contributed by atoms with Crippen molar-refractivity contribution in [1.82, 2.24) is 24.8 Å².